The zero-order valence-corrected chi connectivity index (χ0v) is 11.9. The van der Waals surface area contributed by atoms with Crippen molar-refractivity contribution in [2.24, 2.45) is 5.92 Å². The Labute approximate surface area is 112 Å². The standard InChI is InChI=1S/C15H30N2O/c1-2-3-13-6-9-17(10-7-13)11-8-15(12-18)16-14-4-5-14/h13-16,18H,2-12H2,1H3. The highest BCUT2D eigenvalue weighted by Crippen LogP contribution is 2.22. The molecule has 0 bridgehead atoms. The van der Waals surface area contributed by atoms with Gasteiger partial charge in [-0.1, -0.05) is 19.8 Å². The summed E-state index contributed by atoms with van der Waals surface area (Å²) < 4.78 is 0. The average molecular weight is 254 g/mol. The second-order valence-electron chi connectivity index (χ2n) is 6.18. The number of aliphatic hydroxyl groups excluding tert-OH is 1. The van der Waals surface area contributed by atoms with E-state index >= 15 is 0 Å². The van der Waals surface area contributed by atoms with Crippen molar-refractivity contribution in [1.29, 1.82) is 0 Å². The molecule has 0 aromatic heterocycles. The molecule has 1 unspecified atom stereocenters. The molecule has 106 valence electrons. The SMILES string of the molecule is CCCC1CCN(CCC(CO)NC2CC2)CC1. The first kappa shape index (κ1) is 14.3. The summed E-state index contributed by atoms with van der Waals surface area (Å²) in [5.41, 5.74) is 0. The van der Waals surface area contributed by atoms with Crippen molar-refractivity contribution in [3.8, 4) is 0 Å². The Morgan fingerprint density at radius 1 is 1.22 bits per heavy atom. The van der Waals surface area contributed by atoms with E-state index in [0.717, 1.165) is 18.9 Å². The van der Waals surface area contributed by atoms with E-state index in [1.807, 2.05) is 0 Å². The first-order valence-electron chi connectivity index (χ1n) is 7.91. The van der Waals surface area contributed by atoms with Crippen LogP contribution >= 0.6 is 0 Å². The molecule has 2 N–H and O–H groups in total. The van der Waals surface area contributed by atoms with Crippen LogP contribution in [0.25, 0.3) is 0 Å². The largest absolute Gasteiger partial charge is 0.395 e. The van der Waals surface area contributed by atoms with Crippen LogP contribution in [-0.4, -0.2) is 48.3 Å². The van der Waals surface area contributed by atoms with Crippen molar-refractivity contribution in [2.45, 2.75) is 64.0 Å². The first-order valence-corrected chi connectivity index (χ1v) is 7.91. The second-order valence-corrected chi connectivity index (χ2v) is 6.18. The molecule has 1 atom stereocenters. The fraction of sp³-hybridized carbons (Fsp3) is 1.00. The van der Waals surface area contributed by atoms with Gasteiger partial charge in [-0.15, -0.1) is 0 Å². The molecule has 0 aromatic rings. The predicted molar refractivity (Wildman–Crippen MR) is 75.7 cm³/mol. The molecule has 0 aromatic carbocycles. The Kier molecular flexibility index (Phi) is 5.93. The third kappa shape index (κ3) is 4.87. The van der Waals surface area contributed by atoms with Gasteiger partial charge in [0.2, 0.25) is 0 Å². The Hall–Kier alpha value is -0.120. The minimum absolute atomic E-state index is 0.294. The molecule has 2 aliphatic rings. The summed E-state index contributed by atoms with van der Waals surface area (Å²) in [6.07, 6.45) is 9.23. The lowest BCUT2D eigenvalue weighted by Gasteiger charge is -2.32. The van der Waals surface area contributed by atoms with E-state index in [1.54, 1.807) is 0 Å². The van der Waals surface area contributed by atoms with Crippen LogP contribution in [0.1, 0.15) is 51.9 Å². The lowest BCUT2D eigenvalue weighted by atomic mass is 9.92. The molecule has 18 heavy (non-hydrogen) atoms. The van der Waals surface area contributed by atoms with Gasteiger partial charge in [-0.05, 0) is 57.7 Å². The van der Waals surface area contributed by atoms with E-state index in [9.17, 15) is 5.11 Å². The van der Waals surface area contributed by atoms with E-state index in [-0.39, 0.29) is 0 Å². The van der Waals surface area contributed by atoms with E-state index in [4.69, 9.17) is 0 Å². The van der Waals surface area contributed by atoms with Crippen LogP contribution in [-0.2, 0) is 0 Å². The Balaban J connectivity index is 1.58. The molecule has 1 aliphatic heterocycles. The Morgan fingerprint density at radius 2 is 1.94 bits per heavy atom. The maximum absolute atomic E-state index is 9.36. The third-order valence-corrected chi connectivity index (χ3v) is 4.47. The summed E-state index contributed by atoms with van der Waals surface area (Å²) in [7, 11) is 0. The van der Waals surface area contributed by atoms with Gasteiger partial charge >= 0.3 is 0 Å². The second kappa shape index (κ2) is 7.46. The van der Waals surface area contributed by atoms with Gasteiger partial charge in [0.15, 0.2) is 0 Å². The van der Waals surface area contributed by atoms with Gasteiger partial charge in [0.1, 0.15) is 0 Å². The molecular weight excluding hydrogens is 224 g/mol. The van der Waals surface area contributed by atoms with Crippen LogP contribution < -0.4 is 5.32 Å². The van der Waals surface area contributed by atoms with Crippen LogP contribution in [0, 0.1) is 5.92 Å². The number of rotatable bonds is 8. The number of hydrogen-bond donors (Lipinski definition) is 2. The summed E-state index contributed by atoms with van der Waals surface area (Å²) >= 11 is 0. The average Bonchev–Trinajstić information content (AvgIpc) is 3.20. The third-order valence-electron chi connectivity index (χ3n) is 4.47. The molecule has 1 aliphatic carbocycles. The van der Waals surface area contributed by atoms with Gasteiger partial charge in [-0.25, -0.2) is 0 Å². The van der Waals surface area contributed by atoms with Crippen LogP contribution in [0.5, 0.6) is 0 Å². The molecule has 2 fully saturated rings. The fourth-order valence-electron chi connectivity index (χ4n) is 3.06. The number of aliphatic hydroxyl groups is 1. The van der Waals surface area contributed by atoms with E-state index in [0.29, 0.717) is 18.7 Å². The Morgan fingerprint density at radius 3 is 2.50 bits per heavy atom. The molecule has 1 saturated carbocycles. The maximum Gasteiger partial charge on any atom is 0.0585 e. The van der Waals surface area contributed by atoms with Gasteiger partial charge in [0.25, 0.3) is 0 Å². The van der Waals surface area contributed by atoms with E-state index < -0.39 is 0 Å². The minimum Gasteiger partial charge on any atom is -0.395 e. The molecule has 0 radical (unpaired) electrons. The number of nitrogens with one attached hydrogen (secondary N) is 1. The molecule has 3 nitrogen and oxygen atoms in total. The van der Waals surface area contributed by atoms with Gasteiger partial charge in [0, 0.05) is 12.1 Å². The molecule has 0 amide bonds. The molecular formula is C15H30N2O. The molecule has 1 saturated heterocycles. The molecule has 0 spiro atoms. The number of likely N-dealkylation sites (tertiary alicyclic amines) is 1. The number of piperidine rings is 1. The summed E-state index contributed by atoms with van der Waals surface area (Å²) in [6, 6.07) is 1.03. The van der Waals surface area contributed by atoms with Crippen molar-refractivity contribution < 1.29 is 5.11 Å². The summed E-state index contributed by atoms with van der Waals surface area (Å²) in [5.74, 6) is 0.976. The summed E-state index contributed by atoms with van der Waals surface area (Å²) in [4.78, 5) is 2.59. The first-order chi connectivity index (χ1) is 8.81. The van der Waals surface area contributed by atoms with Crippen LogP contribution in [0.3, 0.4) is 0 Å². The molecule has 1 heterocycles. The van der Waals surface area contributed by atoms with Crippen molar-refractivity contribution in [1.82, 2.24) is 10.2 Å². The summed E-state index contributed by atoms with van der Waals surface area (Å²) in [5, 5.41) is 12.9. The maximum atomic E-state index is 9.36. The molecule has 2 rings (SSSR count). The summed E-state index contributed by atoms with van der Waals surface area (Å²) in [6.45, 7) is 6.28. The number of nitrogens with zero attached hydrogens (tertiary/aromatic N) is 1. The topological polar surface area (TPSA) is 35.5 Å². The quantitative estimate of drug-likeness (QED) is 0.695. The van der Waals surface area contributed by atoms with Gasteiger partial charge in [-0.3, -0.25) is 0 Å². The Bertz CT molecular complexity index is 223. The highest BCUT2D eigenvalue weighted by atomic mass is 16.3. The van der Waals surface area contributed by atoms with Crippen LogP contribution in [0.2, 0.25) is 0 Å². The van der Waals surface area contributed by atoms with Crippen molar-refractivity contribution in [3.63, 3.8) is 0 Å². The number of hydrogen-bond acceptors (Lipinski definition) is 3. The van der Waals surface area contributed by atoms with Gasteiger partial charge in [-0.2, -0.15) is 0 Å². The predicted octanol–water partition coefficient (Wildman–Crippen LogP) is 2.00. The molecule has 3 heteroatoms. The zero-order chi connectivity index (χ0) is 12.8. The normalized spacial score (nSPS) is 24.3. The van der Waals surface area contributed by atoms with Crippen molar-refractivity contribution in [2.75, 3.05) is 26.2 Å². The fourth-order valence-corrected chi connectivity index (χ4v) is 3.06. The van der Waals surface area contributed by atoms with E-state index in [1.165, 1.54) is 51.6 Å². The van der Waals surface area contributed by atoms with Gasteiger partial charge in [0.05, 0.1) is 6.61 Å². The monoisotopic (exact) mass is 254 g/mol. The van der Waals surface area contributed by atoms with Gasteiger partial charge < -0.3 is 15.3 Å². The zero-order valence-electron chi connectivity index (χ0n) is 11.9. The van der Waals surface area contributed by atoms with Crippen LogP contribution in [0.4, 0.5) is 0 Å². The van der Waals surface area contributed by atoms with E-state index in [2.05, 4.69) is 17.1 Å². The highest BCUT2D eigenvalue weighted by molar-refractivity contribution is 4.85. The van der Waals surface area contributed by atoms with Crippen LogP contribution in [0.15, 0.2) is 0 Å². The van der Waals surface area contributed by atoms with Crippen molar-refractivity contribution >= 4 is 0 Å². The highest BCUT2D eigenvalue weighted by Gasteiger charge is 2.25. The minimum atomic E-state index is 0.294. The smallest absolute Gasteiger partial charge is 0.0585 e. The lowest BCUT2D eigenvalue weighted by molar-refractivity contribution is 0.159. The van der Waals surface area contributed by atoms with Crippen molar-refractivity contribution in [3.05, 3.63) is 0 Å². The lowest BCUT2D eigenvalue weighted by Crippen LogP contribution is -2.40.